The fourth-order valence-electron chi connectivity index (χ4n) is 2.07. The monoisotopic (exact) mass is 170 g/mol. The summed E-state index contributed by atoms with van der Waals surface area (Å²) >= 11 is 0. The summed E-state index contributed by atoms with van der Waals surface area (Å²) in [7, 11) is 0. The molecule has 2 nitrogen and oxygen atoms in total. The van der Waals surface area contributed by atoms with Gasteiger partial charge in [-0.3, -0.25) is 0 Å². The summed E-state index contributed by atoms with van der Waals surface area (Å²) in [5, 5.41) is 9.57. The van der Waals surface area contributed by atoms with Gasteiger partial charge in [0.15, 0.2) is 0 Å². The average Bonchev–Trinajstić information content (AvgIpc) is 2.80. The van der Waals surface area contributed by atoms with Crippen LogP contribution < -0.4 is 0 Å². The standard InChI is InChI=1S/C10H18O2/c1-7-9(10(11)6-12-7)5-4-8-2-3-8/h7-11H,2-6H2,1H3/t7-,9+,10+/m0/s1. The van der Waals surface area contributed by atoms with E-state index in [0.29, 0.717) is 12.5 Å². The lowest BCUT2D eigenvalue weighted by molar-refractivity contribution is 0.0961. The van der Waals surface area contributed by atoms with Gasteiger partial charge in [0.1, 0.15) is 0 Å². The first-order valence-electron chi connectivity index (χ1n) is 5.07. The number of rotatable bonds is 3. The second-order valence-corrected chi connectivity index (χ2v) is 4.29. The van der Waals surface area contributed by atoms with Gasteiger partial charge in [0.25, 0.3) is 0 Å². The summed E-state index contributed by atoms with van der Waals surface area (Å²) in [5.41, 5.74) is 0. The molecule has 1 saturated carbocycles. The molecule has 0 spiro atoms. The summed E-state index contributed by atoms with van der Waals surface area (Å²) in [4.78, 5) is 0. The second-order valence-electron chi connectivity index (χ2n) is 4.29. The predicted molar refractivity (Wildman–Crippen MR) is 46.9 cm³/mol. The summed E-state index contributed by atoms with van der Waals surface area (Å²) in [6.45, 7) is 2.63. The van der Waals surface area contributed by atoms with Gasteiger partial charge in [-0.05, 0) is 25.7 Å². The second kappa shape index (κ2) is 3.35. The summed E-state index contributed by atoms with van der Waals surface area (Å²) in [5.74, 6) is 1.38. The molecule has 0 aromatic carbocycles. The Labute approximate surface area is 73.9 Å². The number of hydrogen-bond donors (Lipinski definition) is 1. The highest BCUT2D eigenvalue weighted by molar-refractivity contribution is 4.83. The van der Waals surface area contributed by atoms with Gasteiger partial charge in [-0.2, -0.15) is 0 Å². The van der Waals surface area contributed by atoms with E-state index in [1.165, 1.54) is 19.3 Å². The van der Waals surface area contributed by atoms with E-state index >= 15 is 0 Å². The van der Waals surface area contributed by atoms with Gasteiger partial charge >= 0.3 is 0 Å². The van der Waals surface area contributed by atoms with Gasteiger partial charge in [-0.25, -0.2) is 0 Å². The Kier molecular flexibility index (Phi) is 2.37. The van der Waals surface area contributed by atoms with Crippen molar-refractivity contribution < 1.29 is 9.84 Å². The Morgan fingerprint density at radius 1 is 1.33 bits per heavy atom. The lowest BCUT2D eigenvalue weighted by Gasteiger charge is -2.16. The molecule has 12 heavy (non-hydrogen) atoms. The third kappa shape index (κ3) is 1.80. The van der Waals surface area contributed by atoms with Crippen molar-refractivity contribution in [2.75, 3.05) is 6.61 Å². The molecule has 1 aliphatic heterocycles. The summed E-state index contributed by atoms with van der Waals surface area (Å²) < 4.78 is 5.38. The van der Waals surface area contributed by atoms with E-state index in [2.05, 4.69) is 6.92 Å². The van der Waals surface area contributed by atoms with E-state index in [4.69, 9.17) is 4.74 Å². The molecule has 2 rings (SSSR count). The minimum absolute atomic E-state index is 0.196. The maximum Gasteiger partial charge on any atom is 0.0826 e. The van der Waals surface area contributed by atoms with Crippen LogP contribution in [-0.4, -0.2) is 23.9 Å². The highest BCUT2D eigenvalue weighted by Gasteiger charge is 2.34. The fraction of sp³-hybridized carbons (Fsp3) is 1.00. The van der Waals surface area contributed by atoms with Crippen molar-refractivity contribution in [2.45, 2.75) is 44.8 Å². The molecule has 0 unspecified atom stereocenters. The molecule has 0 amide bonds. The van der Waals surface area contributed by atoms with Crippen molar-refractivity contribution in [1.29, 1.82) is 0 Å². The smallest absolute Gasteiger partial charge is 0.0826 e. The van der Waals surface area contributed by atoms with E-state index < -0.39 is 0 Å². The molecule has 2 aliphatic rings. The molecular formula is C10H18O2. The average molecular weight is 170 g/mol. The molecule has 70 valence electrons. The third-order valence-electron chi connectivity index (χ3n) is 3.23. The molecule has 2 fully saturated rings. The third-order valence-corrected chi connectivity index (χ3v) is 3.23. The molecule has 0 bridgehead atoms. The van der Waals surface area contributed by atoms with Gasteiger partial charge in [-0.1, -0.05) is 12.8 Å². The van der Waals surface area contributed by atoms with E-state index in [0.717, 1.165) is 12.3 Å². The molecule has 0 aromatic rings. The first-order valence-corrected chi connectivity index (χ1v) is 5.07. The van der Waals surface area contributed by atoms with Gasteiger partial charge < -0.3 is 9.84 Å². The normalized spacial score (nSPS) is 42.0. The Morgan fingerprint density at radius 3 is 2.58 bits per heavy atom. The number of aliphatic hydroxyl groups excluding tert-OH is 1. The zero-order valence-electron chi connectivity index (χ0n) is 7.70. The van der Waals surface area contributed by atoms with Crippen LogP contribution in [0.2, 0.25) is 0 Å². The maximum atomic E-state index is 9.57. The van der Waals surface area contributed by atoms with Crippen LogP contribution in [0.25, 0.3) is 0 Å². The molecule has 0 radical (unpaired) electrons. The molecule has 1 N–H and O–H groups in total. The lowest BCUT2D eigenvalue weighted by atomic mass is 9.93. The van der Waals surface area contributed by atoms with Gasteiger partial charge in [0.05, 0.1) is 18.8 Å². The minimum Gasteiger partial charge on any atom is -0.390 e. The Bertz CT molecular complexity index is 144. The lowest BCUT2D eigenvalue weighted by Crippen LogP contribution is -2.22. The highest BCUT2D eigenvalue weighted by Crippen LogP contribution is 2.37. The van der Waals surface area contributed by atoms with Crippen molar-refractivity contribution in [3.63, 3.8) is 0 Å². The zero-order chi connectivity index (χ0) is 8.55. The number of ether oxygens (including phenoxy) is 1. The van der Waals surface area contributed by atoms with Crippen LogP contribution >= 0.6 is 0 Å². The summed E-state index contributed by atoms with van der Waals surface area (Å²) in [6.07, 6.45) is 5.37. The molecule has 3 atom stereocenters. The van der Waals surface area contributed by atoms with E-state index in [1.807, 2.05) is 0 Å². The van der Waals surface area contributed by atoms with Crippen LogP contribution in [0.3, 0.4) is 0 Å². The van der Waals surface area contributed by atoms with Crippen LogP contribution in [0.15, 0.2) is 0 Å². The topological polar surface area (TPSA) is 29.5 Å². The van der Waals surface area contributed by atoms with Crippen LogP contribution in [0, 0.1) is 11.8 Å². The molecule has 1 saturated heterocycles. The van der Waals surface area contributed by atoms with Crippen LogP contribution in [0.5, 0.6) is 0 Å². The molecular weight excluding hydrogens is 152 g/mol. The maximum absolute atomic E-state index is 9.57. The first-order chi connectivity index (χ1) is 5.77. The molecule has 1 aliphatic carbocycles. The van der Waals surface area contributed by atoms with E-state index in [1.54, 1.807) is 0 Å². The molecule has 2 heteroatoms. The van der Waals surface area contributed by atoms with Gasteiger partial charge in [0.2, 0.25) is 0 Å². The van der Waals surface area contributed by atoms with Crippen molar-refractivity contribution in [3.8, 4) is 0 Å². The Morgan fingerprint density at radius 2 is 2.08 bits per heavy atom. The van der Waals surface area contributed by atoms with Gasteiger partial charge in [0, 0.05) is 5.92 Å². The van der Waals surface area contributed by atoms with Crippen LogP contribution in [0.4, 0.5) is 0 Å². The SMILES string of the molecule is C[C@@H]1OC[C@@H](O)[C@@H]1CCC1CC1. The number of aliphatic hydroxyl groups is 1. The Hall–Kier alpha value is -0.0800. The van der Waals surface area contributed by atoms with Crippen molar-refractivity contribution in [2.24, 2.45) is 11.8 Å². The quantitative estimate of drug-likeness (QED) is 0.696. The van der Waals surface area contributed by atoms with E-state index in [9.17, 15) is 5.11 Å². The van der Waals surface area contributed by atoms with E-state index in [-0.39, 0.29) is 12.2 Å². The first kappa shape index (κ1) is 8.52. The minimum atomic E-state index is -0.196. The predicted octanol–water partition coefficient (Wildman–Crippen LogP) is 1.57. The molecule has 1 heterocycles. The highest BCUT2D eigenvalue weighted by atomic mass is 16.5. The van der Waals surface area contributed by atoms with Crippen molar-refractivity contribution >= 4 is 0 Å². The summed E-state index contributed by atoms with van der Waals surface area (Å²) in [6, 6.07) is 0. The van der Waals surface area contributed by atoms with Crippen molar-refractivity contribution in [1.82, 2.24) is 0 Å². The van der Waals surface area contributed by atoms with Crippen LogP contribution in [0.1, 0.15) is 32.6 Å². The zero-order valence-corrected chi connectivity index (χ0v) is 7.70. The largest absolute Gasteiger partial charge is 0.390 e. The number of hydrogen-bond acceptors (Lipinski definition) is 2. The van der Waals surface area contributed by atoms with Crippen molar-refractivity contribution in [3.05, 3.63) is 0 Å². The molecule has 0 aromatic heterocycles. The Balaban J connectivity index is 1.75. The van der Waals surface area contributed by atoms with Crippen LogP contribution in [-0.2, 0) is 4.74 Å². The van der Waals surface area contributed by atoms with Gasteiger partial charge in [-0.15, -0.1) is 0 Å². The fourth-order valence-corrected chi connectivity index (χ4v) is 2.07.